The number of hydrogen-bond acceptors (Lipinski definition) is 4. The van der Waals surface area contributed by atoms with Gasteiger partial charge in [-0.3, -0.25) is 14.6 Å². The van der Waals surface area contributed by atoms with Crippen LogP contribution in [0.3, 0.4) is 0 Å². The third kappa shape index (κ3) is 3.77. The Morgan fingerprint density at radius 3 is 2.48 bits per heavy atom. The van der Waals surface area contributed by atoms with E-state index in [1.54, 1.807) is 17.0 Å². The standard InChI is InChI=1S/C25H34FN3O3Si/c1-24(2)19-14-27-21(28-23(31)25(11-8-12-25)33(4,5)6)18(19)15-29(24)22(30)20(32-3)16-9-7-10-17(26)13-16/h7,9-10,13,20H,8,11-12,14-15H2,1-6H3,(H,27,28,31). The predicted octanol–water partition coefficient (Wildman–Crippen LogP) is 4.22. The molecular formula is C25H34FN3O3Si. The van der Waals surface area contributed by atoms with E-state index in [9.17, 15) is 14.0 Å². The molecule has 1 aromatic carbocycles. The topological polar surface area (TPSA) is 71.0 Å². The molecule has 1 fully saturated rings. The van der Waals surface area contributed by atoms with Gasteiger partial charge in [-0.15, -0.1) is 0 Å². The maximum atomic E-state index is 13.8. The van der Waals surface area contributed by atoms with E-state index in [0.29, 0.717) is 24.5 Å². The molecule has 1 atom stereocenters. The highest BCUT2D eigenvalue weighted by atomic mass is 28.3. The summed E-state index contributed by atoms with van der Waals surface area (Å²) in [6.45, 7) is 11.5. The van der Waals surface area contributed by atoms with Crippen molar-refractivity contribution in [1.29, 1.82) is 0 Å². The van der Waals surface area contributed by atoms with E-state index >= 15 is 0 Å². The van der Waals surface area contributed by atoms with E-state index in [-0.39, 0.29) is 16.9 Å². The van der Waals surface area contributed by atoms with Crippen molar-refractivity contribution < 1.29 is 18.7 Å². The van der Waals surface area contributed by atoms with Crippen LogP contribution in [0.4, 0.5) is 4.39 Å². The van der Waals surface area contributed by atoms with Crippen molar-refractivity contribution in [1.82, 2.24) is 10.2 Å². The van der Waals surface area contributed by atoms with Crippen LogP contribution in [-0.2, 0) is 14.3 Å². The molecule has 1 saturated carbocycles. The predicted molar refractivity (Wildman–Crippen MR) is 129 cm³/mol. The molecule has 0 radical (unpaired) electrons. The number of amidine groups is 1. The molecule has 0 bridgehead atoms. The van der Waals surface area contributed by atoms with Gasteiger partial charge in [0.15, 0.2) is 6.10 Å². The molecule has 0 spiro atoms. The minimum Gasteiger partial charge on any atom is -0.367 e. The molecule has 0 saturated heterocycles. The Kier molecular flexibility index (Phi) is 5.89. The van der Waals surface area contributed by atoms with Crippen molar-refractivity contribution in [2.75, 3.05) is 20.2 Å². The first-order chi connectivity index (χ1) is 15.4. The fourth-order valence-electron chi connectivity index (χ4n) is 5.48. The van der Waals surface area contributed by atoms with Crippen LogP contribution in [-0.4, -0.2) is 56.4 Å². The number of aliphatic imine (C=N–C) groups is 1. The minimum absolute atomic E-state index is 0.0810. The van der Waals surface area contributed by atoms with Crippen molar-refractivity contribution in [3.05, 3.63) is 46.8 Å². The Hall–Kier alpha value is -2.32. The molecule has 1 aliphatic carbocycles. The SMILES string of the molecule is COC(C(=O)N1CC2=C(CN=C2NC(=O)C2([Si](C)(C)C)CCC2)C1(C)C)c1cccc(F)c1. The molecule has 8 heteroatoms. The molecule has 2 aliphatic heterocycles. The normalized spacial score (nSPS) is 21.9. The maximum Gasteiger partial charge on any atom is 0.257 e. The highest BCUT2D eigenvalue weighted by Gasteiger charge is 2.54. The van der Waals surface area contributed by atoms with Crippen LogP contribution >= 0.6 is 0 Å². The first kappa shape index (κ1) is 23.8. The van der Waals surface area contributed by atoms with Crippen LogP contribution in [0.5, 0.6) is 0 Å². The molecule has 1 unspecified atom stereocenters. The lowest BCUT2D eigenvalue weighted by molar-refractivity contribution is -0.145. The van der Waals surface area contributed by atoms with Gasteiger partial charge in [0.25, 0.3) is 5.91 Å². The Morgan fingerprint density at radius 2 is 1.94 bits per heavy atom. The number of benzene rings is 1. The molecule has 0 aromatic heterocycles. The second-order valence-corrected chi connectivity index (χ2v) is 16.4. The number of amides is 2. The van der Waals surface area contributed by atoms with Crippen molar-refractivity contribution in [2.24, 2.45) is 4.99 Å². The van der Waals surface area contributed by atoms with Crippen LogP contribution in [0.2, 0.25) is 24.7 Å². The van der Waals surface area contributed by atoms with E-state index in [1.165, 1.54) is 19.2 Å². The van der Waals surface area contributed by atoms with Gasteiger partial charge in [-0.05, 0) is 50.0 Å². The fraction of sp³-hybridized carbons (Fsp3) is 0.560. The molecule has 1 N–H and O–H groups in total. The molecule has 2 amide bonds. The monoisotopic (exact) mass is 471 g/mol. The number of methoxy groups -OCH3 is 1. The van der Waals surface area contributed by atoms with Gasteiger partial charge < -0.3 is 15.0 Å². The molecule has 3 aliphatic rings. The lowest BCUT2D eigenvalue weighted by atomic mass is 9.83. The number of nitrogens with zero attached hydrogens (tertiary/aromatic N) is 2. The molecule has 4 rings (SSSR count). The average molecular weight is 472 g/mol. The van der Waals surface area contributed by atoms with Gasteiger partial charge in [-0.2, -0.15) is 0 Å². The fourth-order valence-corrected chi connectivity index (χ4v) is 8.08. The quantitative estimate of drug-likeness (QED) is 0.654. The first-order valence-electron chi connectivity index (χ1n) is 11.6. The second-order valence-electron chi connectivity index (χ2n) is 10.9. The lowest BCUT2D eigenvalue weighted by Crippen LogP contribution is -2.55. The zero-order chi connectivity index (χ0) is 24.2. The smallest absolute Gasteiger partial charge is 0.257 e. The van der Waals surface area contributed by atoms with Crippen molar-refractivity contribution in [3.8, 4) is 0 Å². The summed E-state index contributed by atoms with van der Waals surface area (Å²) in [4.78, 5) is 33.3. The highest BCUT2D eigenvalue weighted by Crippen LogP contribution is 2.55. The Morgan fingerprint density at radius 1 is 1.24 bits per heavy atom. The molecule has 33 heavy (non-hydrogen) atoms. The third-order valence-corrected chi connectivity index (χ3v) is 11.6. The number of nitrogens with one attached hydrogen (secondary N) is 1. The molecule has 178 valence electrons. The van der Waals surface area contributed by atoms with Gasteiger partial charge in [-0.1, -0.05) is 38.2 Å². The maximum absolute atomic E-state index is 13.8. The van der Waals surface area contributed by atoms with Crippen molar-refractivity contribution >= 4 is 25.7 Å². The van der Waals surface area contributed by atoms with Gasteiger partial charge in [0.05, 0.1) is 26.7 Å². The van der Waals surface area contributed by atoms with Gasteiger partial charge in [0, 0.05) is 17.7 Å². The Bertz CT molecular complexity index is 1050. The van der Waals surface area contributed by atoms with Crippen LogP contribution in [0.15, 0.2) is 40.4 Å². The number of ether oxygens (including phenoxy) is 1. The highest BCUT2D eigenvalue weighted by molar-refractivity contribution is 6.82. The van der Waals surface area contributed by atoms with E-state index < -0.39 is 25.5 Å². The third-order valence-electron chi connectivity index (χ3n) is 7.96. The van der Waals surface area contributed by atoms with Gasteiger partial charge in [0.2, 0.25) is 5.91 Å². The lowest BCUT2D eigenvalue weighted by Gasteiger charge is -2.49. The van der Waals surface area contributed by atoms with Gasteiger partial charge in [0.1, 0.15) is 11.7 Å². The van der Waals surface area contributed by atoms with E-state index in [4.69, 9.17) is 4.74 Å². The van der Waals surface area contributed by atoms with E-state index in [1.807, 2.05) is 13.8 Å². The molecule has 1 aromatic rings. The molecule has 2 heterocycles. The number of carbonyl (C=O) groups is 2. The van der Waals surface area contributed by atoms with Crippen molar-refractivity contribution in [2.45, 2.75) is 69.4 Å². The zero-order valence-corrected chi connectivity index (χ0v) is 21.4. The second kappa shape index (κ2) is 8.16. The van der Waals surface area contributed by atoms with E-state index in [2.05, 4.69) is 30.0 Å². The number of hydrogen-bond donors (Lipinski definition) is 1. The van der Waals surface area contributed by atoms with E-state index in [0.717, 1.165) is 30.4 Å². The van der Waals surface area contributed by atoms with Crippen LogP contribution in [0.1, 0.15) is 44.8 Å². The summed E-state index contributed by atoms with van der Waals surface area (Å²) in [5.41, 5.74) is 1.85. The summed E-state index contributed by atoms with van der Waals surface area (Å²) in [6, 6.07) is 5.95. The van der Waals surface area contributed by atoms with Crippen LogP contribution in [0, 0.1) is 5.82 Å². The number of rotatable bonds is 5. The summed E-state index contributed by atoms with van der Waals surface area (Å²) >= 11 is 0. The van der Waals surface area contributed by atoms with Crippen molar-refractivity contribution in [3.63, 3.8) is 0 Å². The Balaban J connectivity index is 1.55. The zero-order valence-electron chi connectivity index (χ0n) is 20.4. The molecular weight excluding hydrogens is 437 g/mol. The largest absolute Gasteiger partial charge is 0.367 e. The Labute approximate surface area is 196 Å². The minimum atomic E-state index is -1.71. The van der Waals surface area contributed by atoms with Crippen LogP contribution in [0.25, 0.3) is 0 Å². The van der Waals surface area contributed by atoms with Gasteiger partial charge >= 0.3 is 0 Å². The first-order valence-corrected chi connectivity index (χ1v) is 15.1. The summed E-state index contributed by atoms with van der Waals surface area (Å²) in [5.74, 6) is 0.0407. The number of carbonyl (C=O) groups excluding carboxylic acids is 2. The summed E-state index contributed by atoms with van der Waals surface area (Å²) in [6.07, 6.45) is 2.06. The summed E-state index contributed by atoms with van der Waals surface area (Å²) < 4.78 is 19.3. The number of halogens is 1. The van der Waals surface area contributed by atoms with Gasteiger partial charge in [-0.25, -0.2) is 4.39 Å². The summed E-state index contributed by atoms with van der Waals surface area (Å²) in [5, 5.41) is 2.90. The molecule has 6 nitrogen and oxygen atoms in total. The average Bonchev–Trinajstić information content (AvgIpc) is 3.18. The summed E-state index contributed by atoms with van der Waals surface area (Å²) in [7, 11) is -0.252. The van der Waals surface area contributed by atoms with Crippen LogP contribution < -0.4 is 5.32 Å².